The average Bonchev–Trinajstić information content (AvgIpc) is 2.80. The normalized spacial score (nSPS) is 10.4. The van der Waals surface area contributed by atoms with Gasteiger partial charge in [-0.05, 0) is 29.3 Å². The number of nitrogens with one attached hydrogen (secondary N) is 1. The summed E-state index contributed by atoms with van der Waals surface area (Å²) in [4.78, 5) is 23.3. The zero-order valence-corrected chi connectivity index (χ0v) is 16.0. The van der Waals surface area contributed by atoms with E-state index in [1.165, 1.54) is 6.07 Å². The molecule has 1 N–H and O–H groups in total. The molecule has 0 saturated heterocycles. The van der Waals surface area contributed by atoms with Crippen molar-refractivity contribution in [2.45, 2.75) is 0 Å². The van der Waals surface area contributed by atoms with Crippen LogP contribution in [0, 0.1) is 10.1 Å². The van der Waals surface area contributed by atoms with Crippen LogP contribution in [0.3, 0.4) is 0 Å². The minimum Gasteiger partial charge on any atom is -0.350 e. The van der Waals surface area contributed by atoms with E-state index in [1.807, 2.05) is 66.7 Å². The van der Waals surface area contributed by atoms with Crippen LogP contribution in [0.2, 0.25) is 0 Å². The van der Waals surface area contributed by atoms with E-state index in [0.29, 0.717) is 16.8 Å². The molecule has 0 radical (unpaired) electrons. The third-order valence-electron chi connectivity index (χ3n) is 4.78. The molecule has 0 aliphatic heterocycles. The third kappa shape index (κ3) is 4.10. The zero-order valence-electron chi connectivity index (χ0n) is 16.0. The Morgan fingerprint density at radius 1 is 0.667 bits per heavy atom. The summed E-state index contributed by atoms with van der Waals surface area (Å²) in [5.41, 5.74) is 4.50. The molecule has 146 valence electrons. The summed E-state index contributed by atoms with van der Waals surface area (Å²) in [6.07, 6.45) is 0. The topological polar surface area (TPSA) is 72.2 Å². The Morgan fingerprint density at radius 2 is 1.20 bits per heavy atom. The van der Waals surface area contributed by atoms with Gasteiger partial charge in [0.1, 0.15) is 5.69 Å². The number of nitrogens with zero attached hydrogens (tertiary/aromatic N) is 1. The lowest BCUT2D eigenvalue weighted by Crippen LogP contribution is -2.00. The van der Waals surface area contributed by atoms with Gasteiger partial charge in [-0.15, -0.1) is 0 Å². The quantitative estimate of drug-likeness (QED) is 0.239. The van der Waals surface area contributed by atoms with Gasteiger partial charge in [0.05, 0.1) is 4.92 Å². The molecule has 30 heavy (non-hydrogen) atoms. The first-order valence-electron chi connectivity index (χ1n) is 9.42. The first kappa shape index (κ1) is 19.1. The van der Waals surface area contributed by atoms with E-state index in [9.17, 15) is 14.9 Å². The zero-order chi connectivity index (χ0) is 20.9. The average molecular weight is 394 g/mol. The van der Waals surface area contributed by atoms with Gasteiger partial charge in [0.2, 0.25) is 0 Å². The number of carbonyl (C=O) groups excluding carboxylic acids is 1. The monoisotopic (exact) mass is 394 g/mol. The van der Waals surface area contributed by atoms with Crippen LogP contribution >= 0.6 is 0 Å². The van der Waals surface area contributed by atoms with Crippen LogP contribution < -0.4 is 5.32 Å². The Balaban J connectivity index is 1.51. The van der Waals surface area contributed by atoms with Crippen molar-refractivity contribution in [3.8, 4) is 11.1 Å². The van der Waals surface area contributed by atoms with Crippen molar-refractivity contribution >= 4 is 22.8 Å². The van der Waals surface area contributed by atoms with Crippen molar-refractivity contribution in [1.82, 2.24) is 0 Å². The Kier molecular flexibility index (Phi) is 5.35. The second-order valence-corrected chi connectivity index (χ2v) is 6.75. The molecule has 0 aliphatic rings. The number of hydrogen-bond donors (Lipinski definition) is 1. The fraction of sp³-hybridized carbons (Fsp3) is 0. The highest BCUT2D eigenvalue weighted by molar-refractivity contribution is 6.09. The molecule has 0 heterocycles. The van der Waals surface area contributed by atoms with Crippen molar-refractivity contribution in [3.63, 3.8) is 0 Å². The summed E-state index contributed by atoms with van der Waals surface area (Å²) in [5, 5.41) is 14.2. The maximum atomic E-state index is 12.5. The first-order chi connectivity index (χ1) is 14.6. The lowest BCUT2D eigenvalue weighted by molar-refractivity contribution is -0.383. The van der Waals surface area contributed by atoms with Gasteiger partial charge in [-0.25, -0.2) is 0 Å². The Bertz CT molecular complexity index is 1190. The van der Waals surface area contributed by atoms with Crippen LogP contribution in [-0.4, -0.2) is 10.7 Å². The molecule has 4 rings (SSSR count). The van der Waals surface area contributed by atoms with Crippen LogP contribution in [0.5, 0.6) is 0 Å². The molecule has 5 heteroatoms. The molecule has 0 aromatic heterocycles. The van der Waals surface area contributed by atoms with E-state index < -0.39 is 4.92 Å². The SMILES string of the molecule is O=C(c1ccccc1)c1ccc(-c2ccc(Nc3ccccc3[N+](=O)[O-])cc2)cc1. The summed E-state index contributed by atoms with van der Waals surface area (Å²) in [5.74, 6) is -0.00819. The van der Waals surface area contributed by atoms with E-state index in [0.717, 1.165) is 16.8 Å². The molecular weight excluding hydrogens is 376 g/mol. The minimum atomic E-state index is -0.408. The minimum absolute atomic E-state index is 0.00819. The maximum absolute atomic E-state index is 12.5. The predicted molar refractivity (Wildman–Crippen MR) is 118 cm³/mol. The van der Waals surface area contributed by atoms with Crippen LogP contribution in [0.15, 0.2) is 103 Å². The standard InChI is InChI=1S/C25H18N2O3/c28-25(20-6-2-1-3-7-20)21-12-10-18(11-13-21)19-14-16-22(17-15-19)26-23-8-4-5-9-24(23)27(29)30/h1-17,26H. The number of nitro groups is 1. The van der Waals surface area contributed by atoms with E-state index in [2.05, 4.69) is 5.32 Å². The molecule has 0 spiro atoms. The molecular formula is C25H18N2O3. The molecule has 0 fully saturated rings. The molecule has 5 nitrogen and oxygen atoms in total. The highest BCUT2D eigenvalue weighted by atomic mass is 16.6. The highest BCUT2D eigenvalue weighted by Crippen LogP contribution is 2.28. The Labute approximate surface area is 173 Å². The summed E-state index contributed by atoms with van der Waals surface area (Å²) in [6, 6.07) is 30.8. The lowest BCUT2D eigenvalue weighted by atomic mass is 9.99. The third-order valence-corrected chi connectivity index (χ3v) is 4.78. The lowest BCUT2D eigenvalue weighted by Gasteiger charge is -2.09. The first-order valence-corrected chi connectivity index (χ1v) is 9.42. The van der Waals surface area contributed by atoms with Crippen molar-refractivity contribution < 1.29 is 9.72 Å². The Hall–Kier alpha value is -4.25. The fourth-order valence-electron chi connectivity index (χ4n) is 3.21. The molecule has 0 bridgehead atoms. The number of rotatable bonds is 6. The van der Waals surface area contributed by atoms with Crippen molar-refractivity contribution in [2.75, 3.05) is 5.32 Å². The molecule has 0 saturated carbocycles. The van der Waals surface area contributed by atoms with E-state index in [1.54, 1.807) is 30.3 Å². The summed E-state index contributed by atoms with van der Waals surface area (Å²) >= 11 is 0. The van der Waals surface area contributed by atoms with Crippen molar-refractivity contribution in [1.29, 1.82) is 0 Å². The summed E-state index contributed by atoms with van der Waals surface area (Å²) < 4.78 is 0. The van der Waals surface area contributed by atoms with Gasteiger partial charge in [0.25, 0.3) is 5.69 Å². The van der Waals surface area contributed by atoms with Gasteiger partial charge in [-0.2, -0.15) is 0 Å². The molecule has 0 aliphatic carbocycles. The van der Waals surface area contributed by atoms with E-state index in [-0.39, 0.29) is 11.5 Å². The summed E-state index contributed by atoms with van der Waals surface area (Å²) in [7, 11) is 0. The predicted octanol–water partition coefficient (Wildman–Crippen LogP) is 6.24. The van der Waals surface area contributed by atoms with Gasteiger partial charge in [0.15, 0.2) is 5.78 Å². The number of ketones is 1. The van der Waals surface area contributed by atoms with Gasteiger partial charge in [0, 0.05) is 22.9 Å². The van der Waals surface area contributed by atoms with Crippen LogP contribution in [0.4, 0.5) is 17.1 Å². The molecule has 0 amide bonds. The smallest absolute Gasteiger partial charge is 0.292 e. The van der Waals surface area contributed by atoms with Gasteiger partial charge in [-0.1, -0.05) is 78.9 Å². The number of anilines is 2. The second kappa shape index (κ2) is 8.41. The molecule has 4 aromatic carbocycles. The number of carbonyl (C=O) groups is 1. The molecule has 0 atom stereocenters. The number of nitro benzene ring substituents is 1. The maximum Gasteiger partial charge on any atom is 0.292 e. The van der Waals surface area contributed by atoms with E-state index >= 15 is 0 Å². The van der Waals surface area contributed by atoms with Crippen molar-refractivity contribution in [2.24, 2.45) is 0 Å². The number of benzene rings is 4. The number of hydrogen-bond acceptors (Lipinski definition) is 4. The van der Waals surface area contributed by atoms with Crippen LogP contribution in [-0.2, 0) is 0 Å². The van der Waals surface area contributed by atoms with E-state index in [4.69, 9.17) is 0 Å². The van der Waals surface area contributed by atoms with Crippen LogP contribution in [0.1, 0.15) is 15.9 Å². The highest BCUT2D eigenvalue weighted by Gasteiger charge is 2.12. The molecule has 4 aromatic rings. The largest absolute Gasteiger partial charge is 0.350 e. The van der Waals surface area contributed by atoms with Gasteiger partial charge in [-0.3, -0.25) is 14.9 Å². The fourth-order valence-corrected chi connectivity index (χ4v) is 3.21. The second-order valence-electron chi connectivity index (χ2n) is 6.75. The van der Waals surface area contributed by atoms with Crippen LogP contribution in [0.25, 0.3) is 11.1 Å². The Morgan fingerprint density at radius 3 is 1.83 bits per heavy atom. The summed E-state index contributed by atoms with van der Waals surface area (Å²) in [6.45, 7) is 0. The van der Waals surface area contributed by atoms with Gasteiger partial charge < -0.3 is 5.32 Å². The van der Waals surface area contributed by atoms with Crippen molar-refractivity contribution in [3.05, 3.63) is 124 Å². The number of para-hydroxylation sites is 2. The molecule has 0 unspecified atom stereocenters. The van der Waals surface area contributed by atoms with Gasteiger partial charge >= 0.3 is 0 Å².